The van der Waals surface area contributed by atoms with Gasteiger partial charge in [-0.05, 0) is 11.6 Å². The molecule has 0 aliphatic carbocycles. The van der Waals surface area contributed by atoms with Crippen molar-refractivity contribution in [3.05, 3.63) is 23.9 Å². The summed E-state index contributed by atoms with van der Waals surface area (Å²) in [6.45, 7) is -0.576. The van der Waals surface area contributed by atoms with Crippen LogP contribution in [0, 0.1) is 0 Å². The van der Waals surface area contributed by atoms with Gasteiger partial charge in [0.05, 0.1) is 13.2 Å². The minimum Gasteiger partial charge on any atom is -0.481 e. The van der Waals surface area contributed by atoms with Crippen LogP contribution in [0.2, 0.25) is 0 Å². The lowest BCUT2D eigenvalue weighted by Gasteiger charge is -2.07. The average Bonchev–Trinajstić information content (AvgIpc) is 2.17. The number of rotatable bonds is 3. The number of ether oxygens (including phenoxy) is 1. The number of nitrogens with two attached hydrogens (primary N) is 1. The maximum absolute atomic E-state index is 12.1. The summed E-state index contributed by atoms with van der Waals surface area (Å²) < 4.78 is 17.0. The normalized spacial score (nSPS) is 11.6. The molecule has 13 heavy (non-hydrogen) atoms. The number of aromatic nitrogens is 1. The van der Waals surface area contributed by atoms with E-state index in [0.717, 1.165) is 0 Å². The fraction of sp³-hybridized carbons (Fsp3) is 0.375. The van der Waals surface area contributed by atoms with Gasteiger partial charge < -0.3 is 10.5 Å². The monoisotopic (exact) mass is 206 g/mol. The number of nitrogens with zero attached hydrogens (tertiary/aromatic N) is 1. The van der Waals surface area contributed by atoms with Gasteiger partial charge in [0.2, 0.25) is 5.88 Å². The summed E-state index contributed by atoms with van der Waals surface area (Å²) in [5.41, 5.74) is 6.16. The Morgan fingerprint density at radius 2 is 2.38 bits per heavy atom. The molecule has 1 aromatic rings. The summed E-state index contributed by atoms with van der Waals surface area (Å²) in [6.07, 6.45) is 1.55. The maximum atomic E-state index is 12.1. The van der Waals surface area contributed by atoms with Crippen molar-refractivity contribution in [3.63, 3.8) is 0 Å². The molecule has 0 aliphatic heterocycles. The van der Waals surface area contributed by atoms with Crippen LogP contribution in [0.15, 0.2) is 18.3 Å². The van der Waals surface area contributed by atoms with Crippen LogP contribution in [0.5, 0.6) is 5.88 Å². The Morgan fingerprint density at radius 1 is 1.69 bits per heavy atom. The predicted molar refractivity (Wildman–Crippen MR) is 50.9 cm³/mol. The molecule has 0 aromatic carbocycles. The first-order valence-electron chi connectivity index (χ1n) is 3.59. The van der Waals surface area contributed by atoms with Crippen LogP contribution in [0.25, 0.3) is 0 Å². The second-order valence-corrected chi connectivity index (χ2v) is 2.39. The molecule has 1 heterocycles. The van der Waals surface area contributed by atoms with Gasteiger partial charge in [0.15, 0.2) is 0 Å². The third kappa shape index (κ3) is 3.16. The third-order valence-corrected chi connectivity index (χ3v) is 1.56. The van der Waals surface area contributed by atoms with Crippen LogP contribution in [0.4, 0.5) is 4.39 Å². The lowest BCUT2D eigenvalue weighted by Crippen LogP contribution is -2.12. The summed E-state index contributed by atoms with van der Waals surface area (Å²) >= 11 is 0. The summed E-state index contributed by atoms with van der Waals surface area (Å²) in [6, 6.07) is 2.72. The van der Waals surface area contributed by atoms with E-state index in [-0.39, 0.29) is 12.4 Å². The van der Waals surface area contributed by atoms with Crippen molar-refractivity contribution in [2.75, 3.05) is 13.8 Å². The molecule has 0 bridgehead atoms. The lowest BCUT2D eigenvalue weighted by molar-refractivity contribution is 0.394. The van der Waals surface area contributed by atoms with E-state index < -0.39 is 12.7 Å². The van der Waals surface area contributed by atoms with Gasteiger partial charge in [-0.15, -0.1) is 12.4 Å². The maximum Gasteiger partial charge on any atom is 0.213 e. The second-order valence-electron chi connectivity index (χ2n) is 2.39. The van der Waals surface area contributed by atoms with Crippen molar-refractivity contribution in [3.8, 4) is 5.88 Å². The summed E-state index contributed by atoms with van der Waals surface area (Å²) in [5.74, 6) is 0.455. The fourth-order valence-electron chi connectivity index (χ4n) is 0.856. The van der Waals surface area contributed by atoms with Gasteiger partial charge >= 0.3 is 0 Å². The van der Waals surface area contributed by atoms with E-state index >= 15 is 0 Å². The number of methoxy groups -OCH3 is 1. The molecule has 0 spiro atoms. The summed E-state index contributed by atoms with van der Waals surface area (Å²) in [4.78, 5) is 3.87. The number of pyridine rings is 1. The van der Waals surface area contributed by atoms with Gasteiger partial charge in [-0.3, -0.25) is 0 Å². The molecule has 0 saturated carbocycles. The molecule has 1 aromatic heterocycles. The van der Waals surface area contributed by atoms with Gasteiger partial charge in [-0.2, -0.15) is 0 Å². The van der Waals surface area contributed by atoms with Gasteiger partial charge in [-0.1, -0.05) is 0 Å². The largest absolute Gasteiger partial charge is 0.481 e. The van der Waals surface area contributed by atoms with Gasteiger partial charge in [-0.25, -0.2) is 9.37 Å². The molecular formula is C8H12ClFN2O. The number of hydrogen-bond donors (Lipinski definition) is 1. The van der Waals surface area contributed by atoms with E-state index in [4.69, 9.17) is 10.5 Å². The Balaban J connectivity index is 0.00000144. The Bertz CT molecular complexity index is 260. The third-order valence-electron chi connectivity index (χ3n) is 1.56. The summed E-state index contributed by atoms with van der Waals surface area (Å²) in [7, 11) is 1.51. The second kappa shape index (κ2) is 5.72. The predicted octanol–water partition coefficient (Wildman–Crippen LogP) is 1.48. The molecule has 1 rings (SSSR count). The van der Waals surface area contributed by atoms with Crippen molar-refractivity contribution < 1.29 is 9.13 Å². The first-order valence-corrected chi connectivity index (χ1v) is 3.59. The van der Waals surface area contributed by atoms with Crippen molar-refractivity contribution in [2.45, 2.75) is 6.04 Å². The topological polar surface area (TPSA) is 48.1 Å². The molecule has 5 heteroatoms. The van der Waals surface area contributed by atoms with E-state index in [1.807, 2.05) is 0 Å². The molecule has 1 atom stereocenters. The SMILES string of the molecule is COc1cc([C@@H](N)CF)ccn1.Cl. The highest BCUT2D eigenvalue weighted by atomic mass is 35.5. The van der Waals surface area contributed by atoms with Gasteiger partial charge in [0, 0.05) is 12.3 Å². The van der Waals surface area contributed by atoms with E-state index in [9.17, 15) is 4.39 Å². The Kier molecular flexibility index (Phi) is 5.34. The van der Waals surface area contributed by atoms with E-state index in [1.165, 1.54) is 7.11 Å². The molecule has 0 radical (unpaired) electrons. The molecule has 2 N–H and O–H groups in total. The number of halogens is 2. The molecule has 74 valence electrons. The Hall–Kier alpha value is -0.870. The quantitative estimate of drug-likeness (QED) is 0.815. The van der Waals surface area contributed by atoms with Crippen LogP contribution < -0.4 is 10.5 Å². The highest BCUT2D eigenvalue weighted by Gasteiger charge is 2.05. The zero-order valence-corrected chi connectivity index (χ0v) is 8.05. The minimum atomic E-state index is -0.582. The van der Waals surface area contributed by atoms with Gasteiger partial charge in [0.1, 0.15) is 6.67 Å². The molecule has 0 saturated heterocycles. The smallest absolute Gasteiger partial charge is 0.213 e. The first kappa shape index (κ1) is 12.1. The molecular weight excluding hydrogens is 195 g/mol. The molecule has 0 aliphatic rings. The zero-order chi connectivity index (χ0) is 8.97. The number of hydrogen-bond acceptors (Lipinski definition) is 3. The van der Waals surface area contributed by atoms with Crippen molar-refractivity contribution in [2.24, 2.45) is 5.73 Å². The summed E-state index contributed by atoms with van der Waals surface area (Å²) in [5, 5.41) is 0. The Labute approximate surface area is 82.5 Å². The van der Waals surface area contributed by atoms with Crippen LogP contribution >= 0.6 is 12.4 Å². The van der Waals surface area contributed by atoms with Crippen molar-refractivity contribution in [1.82, 2.24) is 4.98 Å². The fourth-order valence-corrected chi connectivity index (χ4v) is 0.856. The highest BCUT2D eigenvalue weighted by molar-refractivity contribution is 5.85. The van der Waals surface area contributed by atoms with Crippen LogP contribution in [-0.2, 0) is 0 Å². The molecule has 0 amide bonds. The average molecular weight is 207 g/mol. The van der Waals surface area contributed by atoms with Crippen molar-refractivity contribution in [1.29, 1.82) is 0 Å². The van der Waals surface area contributed by atoms with Crippen LogP contribution in [0.1, 0.15) is 11.6 Å². The van der Waals surface area contributed by atoms with Gasteiger partial charge in [0.25, 0.3) is 0 Å². The number of alkyl halides is 1. The van der Waals surface area contributed by atoms with E-state index in [1.54, 1.807) is 18.3 Å². The van der Waals surface area contributed by atoms with Crippen molar-refractivity contribution >= 4 is 12.4 Å². The Morgan fingerprint density at radius 3 is 2.92 bits per heavy atom. The highest BCUT2D eigenvalue weighted by Crippen LogP contribution is 2.14. The van der Waals surface area contributed by atoms with Crippen LogP contribution in [0.3, 0.4) is 0 Å². The van der Waals surface area contributed by atoms with E-state index in [0.29, 0.717) is 11.4 Å². The van der Waals surface area contributed by atoms with E-state index in [2.05, 4.69) is 4.98 Å². The first-order chi connectivity index (χ1) is 5.77. The molecule has 3 nitrogen and oxygen atoms in total. The molecule has 0 fully saturated rings. The standard InChI is InChI=1S/C8H11FN2O.ClH/c1-12-8-4-6(2-3-11-8)7(10)5-9;/h2-4,7H,5,10H2,1H3;1H/t7-;/m0./s1. The van der Waals surface area contributed by atoms with Crippen LogP contribution in [-0.4, -0.2) is 18.8 Å². The molecule has 0 unspecified atom stereocenters. The lowest BCUT2D eigenvalue weighted by atomic mass is 10.1. The zero-order valence-electron chi connectivity index (χ0n) is 7.24. The minimum absolute atomic E-state index is 0.